The van der Waals surface area contributed by atoms with Gasteiger partial charge in [0.2, 0.25) is 0 Å². The fourth-order valence-corrected chi connectivity index (χ4v) is 2.40. The number of anilines is 1. The second-order valence-corrected chi connectivity index (χ2v) is 5.65. The SMILES string of the molecule is CCCOc1ccc(CCNCc2ccccc2Cl)cc1N. The maximum Gasteiger partial charge on any atom is 0.142 e. The molecule has 2 aromatic carbocycles. The smallest absolute Gasteiger partial charge is 0.142 e. The second kappa shape index (κ2) is 8.66. The van der Waals surface area contributed by atoms with Crippen LogP contribution in [0.3, 0.4) is 0 Å². The van der Waals surface area contributed by atoms with E-state index in [0.29, 0.717) is 12.3 Å². The lowest BCUT2D eigenvalue weighted by Crippen LogP contribution is -2.17. The van der Waals surface area contributed by atoms with Crippen LogP contribution in [0.2, 0.25) is 5.02 Å². The highest BCUT2D eigenvalue weighted by Gasteiger charge is 2.02. The van der Waals surface area contributed by atoms with Crippen molar-refractivity contribution in [1.82, 2.24) is 5.32 Å². The zero-order valence-corrected chi connectivity index (χ0v) is 13.7. The third-order valence-corrected chi connectivity index (χ3v) is 3.77. The number of nitrogens with one attached hydrogen (secondary N) is 1. The maximum atomic E-state index is 6.13. The van der Waals surface area contributed by atoms with Crippen molar-refractivity contribution in [2.75, 3.05) is 18.9 Å². The Morgan fingerprint density at radius 2 is 2.00 bits per heavy atom. The summed E-state index contributed by atoms with van der Waals surface area (Å²) < 4.78 is 5.58. The van der Waals surface area contributed by atoms with E-state index in [4.69, 9.17) is 22.1 Å². The van der Waals surface area contributed by atoms with E-state index in [1.165, 1.54) is 5.56 Å². The Kier molecular flexibility index (Phi) is 6.56. The summed E-state index contributed by atoms with van der Waals surface area (Å²) in [5.41, 5.74) is 9.04. The molecule has 0 aliphatic heterocycles. The highest BCUT2D eigenvalue weighted by molar-refractivity contribution is 6.31. The van der Waals surface area contributed by atoms with Crippen LogP contribution in [0, 0.1) is 0 Å². The summed E-state index contributed by atoms with van der Waals surface area (Å²) in [6, 6.07) is 13.9. The lowest BCUT2D eigenvalue weighted by Gasteiger charge is -2.10. The zero-order valence-electron chi connectivity index (χ0n) is 12.9. The largest absolute Gasteiger partial charge is 0.491 e. The number of ether oxygens (including phenoxy) is 1. The molecule has 0 fully saturated rings. The van der Waals surface area contributed by atoms with Gasteiger partial charge in [0.15, 0.2) is 0 Å². The Labute approximate surface area is 137 Å². The molecule has 0 radical (unpaired) electrons. The molecule has 0 aromatic heterocycles. The Bertz CT molecular complexity index is 601. The number of nitrogen functional groups attached to an aromatic ring is 1. The van der Waals surface area contributed by atoms with Crippen molar-refractivity contribution in [1.29, 1.82) is 0 Å². The summed E-state index contributed by atoms with van der Waals surface area (Å²) >= 11 is 6.13. The van der Waals surface area contributed by atoms with Crippen molar-refractivity contribution in [3.8, 4) is 5.75 Å². The molecule has 2 aromatic rings. The van der Waals surface area contributed by atoms with Crippen LogP contribution >= 0.6 is 11.6 Å². The molecule has 3 N–H and O–H groups in total. The van der Waals surface area contributed by atoms with Crippen molar-refractivity contribution < 1.29 is 4.74 Å². The minimum atomic E-state index is 0.697. The van der Waals surface area contributed by atoms with E-state index in [2.05, 4.69) is 18.3 Å². The second-order valence-electron chi connectivity index (χ2n) is 5.24. The first kappa shape index (κ1) is 16.7. The Balaban J connectivity index is 1.79. The fraction of sp³-hybridized carbons (Fsp3) is 0.333. The molecule has 0 aliphatic carbocycles. The first-order chi connectivity index (χ1) is 10.7. The van der Waals surface area contributed by atoms with Gasteiger partial charge in [0, 0.05) is 11.6 Å². The minimum absolute atomic E-state index is 0.697. The molecule has 2 rings (SSSR count). The molecule has 0 unspecified atom stereocenters. The summed E-state index contributed by atoms with van der Waals surface area (Å²) in [5.74, 6) is 0.773. The van der Waals surface area contributed by atoms with E-state index in [1.807, 2.05) is 36.4 Å². The summed E-state index contributed by atoms with van der Waals surface area (Å²) in [6.45, 7) is 4.42. The molecule has 0 atom stereocenters. The van der Waals surface area contributed by atoms with Gasteiger partial charge in [-0.15, -0.1) is 0 Å². The number of hydrogen-bond donors (Lipinski definition) is 2. The van der Waals surface area contributed by atoms with Crippen LogP contribution in [0.5, 0.6) is 5.75 Å². The van der Waals surface area contributed by atoms with Gasteiger partial charge in [0.1, 0.15) is 5.75 Å². The third-order valence-electron chi connectivity index (χ3n) is 3.40. The van der Waals surface area contributed by atoms with E-state index >= 15 is 0 Å². The number of benzene rings is 2. The molecular weight excluding hydrogens is 296 g/mol. The topological polar surface area (TPSA) is 47.3 Å². The van der Waals surface area contributed by atoms with E-state index < -0.39 is 0 Å². The molecular formula is C18H23ClN2O. The quantitative estimate of drug-likeness (QED) is 0.570. The lowest BCUT2D eigenvalue weighted by molar-refractivity contribution is 0.319. The van der Waals surface area contributed by atoms with Crippen LogP contribution in [-0.4, -0.2) is 13.2 Å². The molecule has 118 valence electrons. The van der Waals surface area contributed by atoms with Crippen molar-refractivity contribution in [2.24, 2.45) is 0 Å². The van der Waals surface area contributed by atoms with Crippen LogP contribution < -0.4 is 15.8 Å². The monoisotopic (exact) mass is 318 g/mol. The highest BCUT2D eigenvalue weighted by Crippen LogP contribution is 2.23. The Morgan fingerprint density at radius 3 is 2.73 bits per heavy atom. The lowest BCUT2D eigenvalue weighted by atomic mass is 10.1. The summed E-state index contributed by atoms with van der Waals surface area (Å²) in [5, 5.41) is 4.21. The van der Waals surface area contributed by atoms with Gasteiger partial charge in [0.05, 0.1) is 12.3 Å². The number of rotatable bonds is 8. The molecule has 3 nitrogen and oxygen atoms in total. The maximum absolute atomic E-state index is 6.13. The molecule has 0 aliphatic rings. The fourth-order valence-electron chi connectivity index (χ4n) is 2.19. The normalized spacial score (nSPS) is 10.6. The number of hydrogen-bond acceptors (Lipinski definition) is 3. The predicted octanol–water partition coefficient (Wildman–Crippen LogP) is 4.04. The first-order valence-electron chi connectivity index (χ1n) is 7.66. The van der Waals surface area contributed by atoms with Gasteiger partial charge in [-0.1, -0.05) is 42.8 Å². The first-order valence-corrected chi connectivity index (χ1v) is 8.04. The Morgan fingerprint density at radius 1 is 1.18 bits per heavy atom. The van der Waals surface area contributed by atoms with Crippen LogP contribution in [0.1, 0.15) is 24.5 Å². The average molecular weight is 319 g/mol. The Hall–Kier alpha value is -1.71. The van der Waals surface area contributed by atoms with Crippen molar-refractivity contribution in [3.05, 3.63) is 58.6 Å². The number of nitrogens with two attached hydrogens (primary N) is 1. The predicted molar refractivity (Wildman–Crippen MR) is 93.5 cm³/mol. The average Bonchev–Trinajstić information content (AvgIpc) is 2.52. The van der Waals surface area contributed by atoms with Gasteiger partial charge < -0.3 is 15.8 Å². The van der Waals surface area contributed by atoms with Crippen LogP contribution in [0.4, 0.5) is 5.69 Å². The summed E-state index contributed by atoms with van der Waals surface area (Å²) in [7, 11) is 0. The molecule has 0 saturated carbocycles. The summed E-state index contributed by atoms with van der Waals surface area (Å²) in [4.78, 5) is 0. The molecule has 0 amide bonds. The third kappa shape index (κ3) is 4.93. The molecule has 4 heteroatoms. The van der Waals surface area contributed by atoms with Crippen molar-refractivity contribution in [3.63, 3.8) is 0 Å². The van der Waals surface area contributed by atoms with Gasteiger partial charge in [-0.05, 0) is 48.7 Å². The molecule has 22 heavy (non-hydrogen) atoms. The standard InChI is InChI=1S/C18H23ClN2O/c1-2-11-22-18-8-7-14(12-17(18)20)9-10-21-13-15-5-3-4-6-16(15)19/h3-8,12,21H,2,9-11,13,20H2,1H3. The van der Waals surface area contributed by atoms with E-state index in [9.17, 15) is 0 Å². The van der Waals surface area contributed by atoms with Crippen molar-refractivity contribution >= 4 is 17.3 Å². The van der Waals surface area contributed by atoms with Gasteiger partial charge in [0.25, 0.3) is 0 Å². The van der Waals surface area contributed by atoms with Gasteiger partial charge in [-0.3, -0.25) is 0 Å². The van der Waals surface area contributed by atoms with Gasteiger partial charge in [-0.2, -0.15) is 0 Å². The minimum Gasteiger partial charge on any atom is -0.491 e. The zero-order chi connectivity index (χ0) is 15.8. The number of halogens is 1. The van der Waals surface area contributed by atoms with Crippen molar-refractivity contribution in [2.45, 2.75) is 26.3 Å². The van der Waals surface area contributed by atoms with Crippen LogP contribution in [0.25, 0.3) is 0 Å². The summed E-state index contributed by atoms with van der Waals surface area (Å²) in [6.07, 6.45) is 1.90. The van der Waals surface area contributed by atoms with Gasteiger partial charge >= 0.3 is 0 Å². The van der Waals surface area contributed by atoms with E-state index in [-0.39, 0.29) is 0 Å². The van der Waals surface area contributed by atoms with Crippen LogP contribution in [-0.2, 0) is 13.0 Å². The molecule has 0 spiro atoms. The highest BCUT2D eigenvalue weighted by atomic mass is 35.5. The molecule has 0 saturated heterocycles. The van der Waals surface area contributed by atoms with Crippen LogP contribution in [0.15, 0.2) is 42.5 Å². The van der Waals surface area contributed by atoms with E-state index in [0.717, 1.165) is 42.3 Å². The van der Waals surface area contributed by atoms with E-state index in [1.54, 1.807) is 0 Å². The molecule has 0 heterocycles. The van der Waals surface area contributed by atoms with Gasteiger partial charge in [-0.25, -0.2) is 0 Å². The molecule has 0 bridgehead atoms.